The average molecular weight is 638 g/mol. The number of nitrogens with one attached hydrogen (secondary N) is 3. The van der Waals surface area contributed by atoms with E-state index in [4.69, 9.17) is 9.47 Å². The Hall–Kier alpha value is -5.22. The zero-order valence-corrected chi connectivity index (χ0v) is 26.2. The van der Waals surface area contributed by atoms with Crippen LogP contribution in [0.5, 0.6) is 0 Å². The number of alkyl carbamates (subject to hydrolysis) is 1. The molecule has 0 aliphatic carbocycles. The van der Waals surface area contributed by atoms with E-state index in [9.17, 15) is 19.2 Å². The van der Waals surface area contributed by atoms with Gasteiger partial charge in [-0.1, -0.05) is 72.8 Å². The molecule has 0 saturated carbocycles. The summed E-state index contributed by atoms with van der Waals surface area (Å²) in [7, 11) is 1.33. The molecule has 4 aromatic carbocycles. The van der Waals surface area contributed by atoms with Crippen LogP contribution in [0.2, 0.25) is 0 Å². The molecule has 46 heavy (non-hydrogen) atoms. The van der Waals surface area contributed by atoms with E-state index in [2.05, 4.69) is 16.0 Å². The minimum Gasteiger partial charge on any atom is -0.469 e. The Morgan fingerprint density at radius 3 is 2.37 bits per heavy atom. The second kappa shape index (κ2) is 15.7. The number of anilines is 1. The van der Waals surface area contributed by atoms with Gasteiger partial charge in [-0.3, -0.25) is 14.4 Å². The number of aryl methyl sites for hydroxylation is 1. The molecule has 5 aromatic rings. The fraction of sp³-hybridized carbons (Fsp3) is 0.222. The van der Waals surface area contributed by atoms with Gasteiger partial charge in [0.2, 0.25) is 5.91 Å². The van der Waals surface area contributed by atoms with Gasteiger partial charge in [0.05, 0.1) is 12.0 Å². The molecule has 3 N–H and O–H groups in total. The lowest BCUT2D eigenvalue weighted by Crippen LogP contribution is -2.44. The Morgan fingerprint density at radius 2 is 1.57 bits per heavy atom. The van der Waals surface area contributed by atoms with Gasteiger partial charge in [0.25, 0.3) is 5.91 Å². The summed E-state index contributed by atoms with van der Waals surface area (Å²) in [5, 5.41) is 11.7. The number of carbonyl (C=O) groups is 4. The van der Waals surface area contributed by atoms with Gasteiger partial charge in [0.15, 0.2) is 0 Å². The van der Waals surface area contributed by atoms with E-state index in [0.29, 0.717) is 23.4 Å². The van der Waals surface area contributed by atoms with E-state index < -0.39 is 18.0 Å². The van der Waals surface area contributed by atoms with Crippen LogP contribution in [0.15, 0.2) is 97.1 Å². The first-order valence-corrected chi connectivity index (χ1v) is 15.8. The molecule has 0 saturated heterocycles. The lowest BCUT2D eigenvalue weighted by Gasteiger charge is -2.19. The molecular weight excluding hydrogens is 602 g/mol. The quantitative estimate of drug-likeness (QED) is 0.0987. The van der Waals surface area contributed by atoms with E-state index in [-0.39, 0.29) is 37.9 Å². The minimum atomic E-state index is -0.887. The van der Waals surface area contributed by atoms with Crippen molar-refractivity contribution in [1.29, 1.82) is 0 Å². The smallest absolute Gasteiger partial charge is 0.407 e. The number of thiophene rings is 1. The van der Waals surface area contributed by atoms with E-state index >= 15 is 0 Å². The summed E-state index contributed by atoms with van der Waals surface area (Å²) in [6, 6.07) is 29.7. The summed E-state index contributed by atoms with van der Waals surface area (Å²) in [4.78, 5) is 51.4. The molecule has 1 heterocycles. The van der Waals surface area contributed by atoms with Gasteiger partial charge in [0, 0.05) is 23.4 Å². The standard InChI is InChI=1S/C36H35N3O6S/c1-44-33(40)19-18-26-10-4-6-13-29(26)38-34(41)30(39-35(42)32-22-28-12-5-7-15-31(28)46-32)14-8-20-37-36(43)45-23-24-16-17-25-9-2-3-11-27(25)21-24/h2-7,9-13,15-17,21-22,30H,8,14,18-20,23H2,1H3,(H,37,43)(H,38,41)(H,39,42)/t30-/m0/s1. The maximum Gasteiger partial charge on any atom is 0.407 e. The van der Waals surface area contributed by atoms with Crippen molar-refractivity contribution in [2.45, 2.75) is 38.3 Å². The molecule has 0 fully saturated rings. The normalized spacial score (nSPS) is 11.5. The Balaban J connectivity index is 1.19. The fourth-order valence-corrected chi connectivity index (χ4v) is 6.00. The summed E-state index contributed by atoms with van der Waals surface area (Å²) in [5.74, 6) is -1.11. The Bertz CT molecular complexity index is 1820. The second-order valence-electron chi connectivity index (χ2n) is 10.7. The predicted molar refractivity (Wildman–Crippen MR) is 180 cm³/mol. The molecule has 0 aliphatic heterocycles. The Labute approximate surface area is 270 Å². The summed E-state index contributed by atoms with van der Waals surface area (Å²) < 4.78 is 11.1. The van der Waals surface area contributed by atoms with Crippen molar-refractivity contribution in [3.05, 3.63) is 113 Å². The van der Waals surface area contributed by atoms with E-state index in [0.717, 1.165) is 32.0 Å². The highest BCUT2D eigenvalue weighted by molar-refractivity contribution is 7.20. The SMILES string of the molecule is COC(=O)CCc1ccccc1NC(=O)[C@H](CCCNC(=O)OCc1ccc2ccccc2c1)NC(=O)c1cc2ccccc2s1. The summed E-state index contributed by atoms with van der Waals surface area (Å²) in [5.41, 5.74) is 2.20. The molecule has 10 heteroatoms. The molecule has 9 nitrogen and oxygen atoms in total. The zero-order chi connectivity index (χ0) is 32.3. The van der Waals surface area contributed by atoms with Crippen LogP contribution in [-0.4, -0.2) is 43.6 Å². The number of hydrogen-bond donors (Lipinski definition) is 3. The van der Waals surface area contributed by atoms with Gasteiger partial charge in [-0.05, 0) is 70.8 Å². The molecule has 0 bridgehead atoms. The van der Waals surface area contributed by atoms with E-state index in [1.54, 1.807) is 18.2 Å². The number of ether oxygens (including phenoxy) is 2. The molecule has 0 aliphatic rings. The van der Waals surface area contributed by atoms with Gasteiger partial charge >= 0.3 is 12.1 Å². The summed E-state index contributed by atoms with van der Waals surface area (Å²) in [6.07, 6.45) is 0.645. The molecule has 1 atom stereocenters. The number of methoxy groups -OCH3 is 1. The number of esters is 1. The van der Waals surface area contributed by atoms with E-state index in [1.165, 1.54) is 18.4 Å². The van der Waals surface area contributed by atoms with Crippen LogP contribution in [0.1, 0.15) is 40.1 Å². The van der Waals surface area contributed by atoms with Crippen molar-refractivity contribution >= 4 is 61.8 Å². The summed E-state index contributed by atoms with van der Waals surface area (Å²) >= 11 is 1.35. The highest BCUT2D eigenvalue weighted by atomic mass is 32.1. The largest absolute Gasteiger partial charge is 0.469 e. The number of amides is 3. The number of carbonyl (C=O) groups excluding carboxylic acids is 4. The molecule has 236 valence electrons. The fourth-order valence-electron chi connectivity index (χ4n) is 5.04. The zero-order valence-electron chi connectivity index (χ0n) is 25.4. The van der Waals surface area contributed by atoms with Gasteiger partial charge in [-0.25, -0.2) is 4.79 Å². The van der Waals surface area contributed by atoms with Crippen molar-refractivity contribution < 1.29 is 28.7 Å². The number of hydrogen-bond acceptors (Lipinski definition) is 7. The molecule has 1 aromatic heterocycles. The average Bonchev–Trinajstić information content (AvgIpc) is 3.52. The van der Waals surface area contributed by atoms with Crippen molar-refractivity contribution in [2.24, 2.45) is 0 Å². The molecule has 3 amide bonds. The first kappa shape index (κ1) is 32.2. The van der Waals surface area contributed by atoms with Crippen LogP contribution in [0.3, 0.4) is 0 Å². The van der Waals surface area contributed by atoms with Crippen LogP contribution < -0.4 is 16.0 Å². The van der Waals surface area contributed by atoms with Gasteiger partial charge < -0.3 is 25.4 Å². The van der Waals surface area contributed by atoms with Crippen LogP contribution >= 0.6 is 11.3 Å². The van der Waals surface area contributed by atoms with Crippen molar-refractivity contribution in [3.63, 3.8) is 0 Å². The Kier molecular flexibility index (Phi) is 11.0. The lowest BCUT2D eigenvalue weighted by atomic mass is 10.1. The molecular formula is C36H35N3O6S. The van der Waals surface area contributed by atoms with Gasteiger partial charge in [0.1, 0.15) is 12.6 Å². The van der Waals surface area contributed by atoms with Crippen LogP contribution in [0.4, 0.5) is 10.5 Å². The van der Waals surface area contributed by atoms with Crippen molar-refractivity contribution in [1.82, 2.24) is 10.6 Å². The molecule has 0 spiro atoms. The maximum atomic E-state index is 13.6. The minimum absolute atomic E-state index is 0.127. The van der Waals surface area contributed by atoms with Gasteiger partial charge in [-0.15, -0.1) is 11.3 Å². The van der Waals surface area contributed by atoms with Crippen molar-refractivity contribution in [2.75, 3.05) is 19.0 Å². The first-order chi connectivity index (χ1) is 22.4. The van der Waals surface area contributed by atoms with E-state index in [1.807, 2.05) is 78.9 Å². The number of para-hydroxylation sites is 1. The molecule has 5 rings (SSSR count). The third-order valence-electron chi connectivity index (χ3n) is 7.50. The highest BCUT2D eigenvalue weighted by Crippen LogP contribution is 2.25. The van der Waals surface area contributed by atoms with Gasteiger partial charge in [-0.2, -0.15) is 0 Å². The molecule has 0 radical (unpaired) electrons. The highest BCUT2D eigenvalue weighted by Gasteiger charge is 2.23. The van der Waals surface area contributed by atoms with Crippen LogP contribution in [-0.2, 0) is 32.1 Å². The van der Waals surface area contributed by atoms with Crippen molar-refractivity contribution in [3.8, 4) is 0 Å². The van der Waals surface area contributed by atoms with Crippen LogP contribution in [0, 0.1) is 0 Å². The van der Waals surface area contributed by atoms with Crippen LogP contribution in [0.25, 0.3) is 20.9 Å². The summed E-state index contributed by atoms with van der Waals surface area (Å²) in [6.45, 7) is 0.372. The topological polar surface area (TPSA) is 123 Å². The monoisotopic (exact) mass is 637 g/mol. The number of fused-ring (bicyclic) bond motifs is 2. The third-order valence-corrected chi connectivity index (χ3v) is 8.61. The first-order valence-electron chi connectivity index (χ1n) is 15.0. The maximum absolute atomic E-state index is 13.6. The predicted octanol–water partition coefficient (Wildman–Crippen LogP) is 6.60. The number of benzene rings is 4. The molecule has 0 unspecified atom stereocenters. The third kappa shape index (κ3) is 8.70. The lowest BCUT2D eigenvalue weighted by molar-refractivity contribution is -0.140. The second-order valence-corrected chi connectivity index (χ2v) is 11.8. The Morgan fingerprint density at radius 1 is 0.826 bits per heavy atom. The number of rotatable bonds is 13.